The molecule has 0 radical (unpaired) electrons. The lowest BCUT2D eigenvalue weighted by Crippen LogP contribution is -2.37. The van der Waals surface area contributed by atoms with Gasteiger partial charge in [0.1, 0.15) is 5.82 Å². The minimum Gasteiger partial charge on any atom is -0.340 e. The Morgan fingerprint density at radius 1 is 1.24 bits per heavy atom. The summed E-state index contributed by atoms with van der Waals surface area (Å²) in [5, 5.41) is 4.08. The van der Waals surface area contributed by atoms with Crippen LogP contribution in [0.4, 0.5) is 4.39 Å². The van der Waals surface area contributed by atoms with Crippen LogP contribution in [0.1, 0.15) is 30.0 Å². The van der Waals surface area contributed by atoms with E-state index in [4.69, 9.17) is 11.6 Å². The van der Waals surface area contributed by atoms with Gasteiger partial charge in [-0.3, -0.25) is 4.79 Å². The van der Waals surface area contributed by atoms with Crippen LogP contribution >= 0.6 is 11.6 Å². The van der Waals surface area contributed by atoms with Crippen molar-refractivity contribution in [2.24, 2.45) is 5.92 Å². The van der Waals surface area contributed by atoms with E-state index in [9.17, 15) is 9.18 Å². The molecular formula is C20H22ClFN2O. The van der Waals surface area contributed by atoms with Crippen molar-refractivity contribution in [3.63, 3.8) is 0 Å². The number of halogens is 2. The standard InChI is InChI=1S/C20H22ClFN2O/c1-24(13-16-4-2-3-5-18(16)22)19(25)12-23-20(14-6-7-14)15-8-10-17(21)11-9-15/h2-5,8-11,14,20,23H,6-7,12-13H2,1H3/t20-/m1/s1. The third kappa shape index (κ3) is 4.80. The lowest BCUT2D eigenvalue weighted by Gasteiger charge is -2.22. The summed E-state index contributed by atoms with van der Waals surface area (Å²) in [6.45, 7) is 0.497. The van der Waals surface area contributed by atoms with Gasteiger partial charge in [-0.05, 0) is 42.5 Å². The lowest BCUT2D eigenvalue weighted by atomic mass is 10.0. The van der Waals surface area contributed by atoms with Crippen molar-refractivity contribution in [2.75, 3.05) is 13.6 Å². The van der Waals surface area contributed by atoms with Gasteiger partial charge in [-0.1, -0.05) is 41.9 Å². The number of nitrogens with zero attached hydrogens (tertiary/aromatic N) is 1. The quantitative estimate of drug-likeness (QED) is 0.803. The molecule has 1 atom stereocenters. The zero-order chi connectivity index (χ0) is 17.8. The average Bonchev–Trinajstić information content (AvgIpc) is 3.43. The Hall–Kier alpha value is -1.91. The maximum absolute atomic E-state index is 13.7. The number of likely N-dealkylation sites (N-methyl/N-ethyl adjacent to an activating group) is 1. The molecule has 0 heterocycles. The number of hydrogen-bond acceptors (Lipinski definition) is 2. The third-order valence-electron chi connectivity index (χ3n) is 4.59. The van der Waals surface area contributed by atoms with E-state index in [2.05, 4.69) is 5.32 Å². The summed E-state index contributed by atoms with van der Waals surface area (Å²) >= 11 is 5.96. The van der Waals surface area contributed by atoms with Crippen LogP contribution in [-0.2, 0) is 11.3 Å². The van der Waals surface area contributed by atoms with Gasteiger partial charge in [0, 0.05) is 30.2 Å². The molecule has 0 spiro atoms. The first kappa shape index (κ1) is 17.9. The van der Waals surface area contributed by atoms with Crippen molar-refractivity contribution in [1.82, 2.24) is 10.2 Å². The van der Waals surface area contributed by atoms with E-state index in [1.54, 1.807) is 30.1 Å². The highest BCUT2D eigenvalue weighted by Gasteiger charge is 2.32. The number of amides is 1. The van der Waals surface area contributed by atoms with Crippen LogP contribution in [0.3, 0.4) is 0 Å². The molecule has 1 aliphatic carbocycles. The molecule has 0 bridgehead atoms. The molecule has 3 nitrogen and oxygen atoms in total. The van der Waals surface area contributed by atoms with Crippen LogP contribution in [0, 0.1) is 11.7 Å². The number of nitrogens with one attached hydrogen (secondary N) is 1. The van der Waals surface area contributed by atoms with Crippen molar-refractivity contribution in [3.05, 3.63) is 70.5 Å². The molecule has 0 unspecified atom stereocenters. The lowest BCUT2D eigenvalue weighted by molar-refractivity contribution is -0.129. The van der Waals surface area contributed by atoms with Crippen molar-refractivity contribution in [1.29, 1.82) is 0 Å². The first-order valence-electron chi connectivity index (χ1n) is 8.51. The highest BCUT2D eigenvalue weighted by molar-refractivity contribution is 6.30. The van der Waals surface area contributed by atoms with Gasteiger partial charge in [0.25, 0.3) is 0 Å². The van der Waals surface area contributed by atoms with Crippen LogP contribution in [-0.4, -0.2) is 24.4 Å². The summed E-state index contributed by atoms with van der Waals surface area (Å²) in [6, 6.07) is 14.5. The Bertz CT molecular complexity index is 731. The normalized spacial score (nSPS) is 15.0. The van der Waals surface area contributed by atoms with Crippen LogP contribution < -0.4 is 5.32 Å². The predicted octanol–water partition coefficient (Wildman–Crippen LogP) is 4.18. The van der Waals surface area contributed by atoms with E-state index >= 15 is 0 Å². The highest BCUT2D eigenvalue weighted by Crippen LogP contribution is 2.41. The van der Waals surface area contributed by atoms with Crippen molar-refractivity contribution >= 4 is 17.5 Å². The molecular weight excluding hydrogens is 339 g/mol. The minimum absolute atomic E-state index is 0.0529. The minimum atomic E-state index is -0.285. The topological polar surface area (TPSA) is 32.3 Å². The molecule has 5 heteroatoms. The molecule has 1 saturated carbocycles. The molecule has 25 heavy (non-hydrogen) atoms. The molecule has 1 amide bonds. The SMILES string of the molecule is CN(Cc1ccccc1F)C(=O)CN[C@@H](c1ccc(Cl)cc1)C1CC1. The van der Waals surface area contributed by atoms with E-state index in [0.717, 1.165) is 5.56 Å². The second-order valence-electron chi connectivity index (χ2n) is 6.59. The maximum Gasteiger partial charge on any atom is 0.236 e. The van der Waals surface area contributed by atoms with Crippen LogP contribution in [0.2, 0.25) is 5.02 Å². The maximum atomic E-state index is 13.7. The van der Waals surface area contributed by atoms with Gasteiger partial charge < -0.3 is 10.2 Å². The number of benzene rings is 2. The fraction of sp³-hybridized carbons (Fsp3) is 0.350. The smallest absolute Gasteiger partial charge is 0.236 e. The zero-order valence-corrected chi connectivity index (χ0v) is 15.0. The molecule has 3 rings (SSSR count). The average molecular weight is 361 g/mol. The van der Waals surface area contributed by atoms with E-state index in [1.807, 2.05) is 24.3 Å². The Labute approximate surface area is 152 Å². The van der Waals surface area contributed by atoms with Gasteiger partial charge in [-0.25, -0.2) is 4.39 Å². The Morgan fingerprint density at radius 3 is 2.56 bits per heavy atom. The number of carbonyl (C=O) groups is 1. The summed E-state index contributed by atoms with van der Waals surface area (Å²) in [4.78, 5) is 14.0. The summed E-state index contributed by atoms with van der Waals surface area (Å²) in [5.41, 5.74) is 1.67. The number of carbonyl (C=O) groups excluding carboxylic acids is 1. The van der Waals surface area contributed by atoms with Crippen molar-refractivity contribution in [2.45, 2.75) is 25.4 Å². The fourth-order valence-electron chi connectivity index (χ4n) is 2.96. The van der Waals surface area contributed by atoms with Crippen molar-refractivity contribution in [3.8, 4) is 0 Å². The van der Waals surface area contributed by atoms with E-state index in [-0.39, 0.29) is 30.9 Å². The molecule has 2 aromatic rings. The predicted molar refractivity (Wildman–Crippen MR) is 97.8 cm³/mol. The Balaban J connectivity index is 1.58. The first-order chi connectivity index (χ1) is 12.0. The van der Waals surface area contributed by atoms with Gasteiger partial charge in [-0.2, -0.15) is 0 Å². The van der Waals surface area contributed by atoms with Gasteiger partial charge in [-0.15, -0.1) is 0 Å². The second-order valence-corrected chi connectivity index (χ2v) is 7.03. The first-order valence-corrected chi connectivity index (χ1v) is 8.88. The molecule has 132 valence electrons. The van der Waals surface area contributed by atoms with E-state index in [1.165, 1.54) is 18.9 Å². The number of hydrogen-bond donors (Lipinski definition) is 1. The Morgan fingerprint density at radius 2 is 1.92 bits per heavy atom. The molecule has 0 aliphatic heterocycles. The molecule has 2 aromatic carbocycles. The molecule has 1 aliphatic rings. The van der Waals surface area contributed by atoms with E-state index in [0.29, 0.717) is 16.5 Å². The van der Waals surface area contributed by atoms with Gasteiger partial charge in [0.05, 0.1) is 6.54 Å². The molecule has 0 saturated heterocycles. The largest absolute Gasteiger partial charge is 0.340 e. The van der Waals surface area contributed by atoms with E-state index < -0.39 is 0 Å². The van der Waals surface area contributed by atoms with Crippen LogP contribution in [0.15, 0.2) is 48.5 Å². The summed E-state index contributed by atoms with van der Waals surface area (Å²) in [7, 11) is 1.70. The van der Waals surface area contributed by atoms with Gasteiger partial charge in [0.15, 0.2) is 0 Å². The van der Waals surface area contributed by atoms with Gasteiger partial charge >= 0.3 is 0 Å². The number of rotatable bonds is 7. The third-order valence-corrected chi connectivity index (χ3v) is 4.84. The van der Waals surface area contributed by atoms with Crippen molar-refractivity contribution < 1.29 is 9.18 Å². The molecule has 1 N–H and O–H groups in total. The molecule has 1 fully saturated rings. The highest BCUT2D eigenvalue weighted by atomic mass is 35.5. The monoisotopic (exact) mass is 360 g/mol. The van der Waals surface area contributed by atoms with Gasteiger partial charge in [0.2, 0.25) is 5.91 Å². The van der Waals surface area contributed by atoms with Crippen LogP contribution in [0.25, 0.3) is 0 Å². The summed E-state index contributed by atoms with van der Waals surface area (Å²) in [5.74, 6) is 0.223. The second kappa shape index (κ2) is 7.98. The fourth-order valence-corrected chi connectivity index (χ4v) is 3.08. The zero-order valence-electron chi connectivity index (χ0n) is 14.2. The van der Waals surface area contributed by atoms with Crippen LogP contribution in [0.5, 0.6) is 0 Å². The summed E-state index contributed by atoms with van der Waals surface area (Å²) in [6.07, 6.45) is 2.33. The molecule has 0 aromatic heterocycles. The Kier molecular flexibility index (Phi) is 5.71. The summed E-state index contributed by atoms with van der Waals surface area (Å²) < 4.78 is 13.7.